The van der Waals surface area contributed by atoms with E-state index in [2.05, 4.69) is 127 Å². The van der Waals surface area contributed by atoms with E-state index in [4.69, 9.17) is 23.2 Å². The van der Waals surface area contributed by atoms with Gasteiger partial charge in [-0.25, -0.2) is 0 Å². The third-order valence-corrected chi connectivity index (χ3v) is 20.1. The van der Waals surface area contributed by atoms with Crippen LogP contribution in [0.4, 0.5) is 0 Å². The summed E-state index contributed by atoms with van der Waals surface area (Å²) in [7, 11) is 0. The molecule has 0 nitrogen and oxygen atoms in total. The molecule has 0 atom stereocenters. The van der Waals surface area contributed by atoms with Gasteiger partial charge in [-0.3, -0.25) is 0 Å². The predicted molar refractivity (Wildman–Crippen MR) is 186 cm³/mol. The molecule has 0 N–H and O–H groups in total. The van der Waals surface area contributed by atoms with E-state index in [0.29, 0.717) is 0 Å². The van der Waals surface area contributed by atoms with E-state index >= 15 is 0 Å². The Kier molecular flexibility index (Phi) is 6.29. The molecule has 2 aliphatic heterocycles. The van der Waals surface area contributed by atoms with Gasteiger partial charge < -0.3 is 0 Å². The van der Waals surface area contributed by atoms with Crippen LogP contribution in [0.5, 0.6) is 0 Å². The molecule has 0 saturated heterocycles. The predicted octanol–water partition coefficient (Wildman–Crippen LogP) is 11.5. The molecule has 6 aromatic carbocycles. The third kappa shape index (κ3) is 4.06. The average Bonchev–Trinajstić information content (AvgIpc) is 3.50. The zero-order valence-corrected chi connectivity index (χ0v) is 27.0. The molecule has 6 aromatic rings. The van der Waals surface area contributed by atoms with Gasteiger partial charge in [0.05, 0.1) is 0 Å². The number of benzene rings is 6. The molecular weight excluding hydrogens is 757 g/mol. The molecule has 2 heterocycles. The van der Waals surface area contributed by atoms with Crippen LogP contribution < -0.4 is 0 Å². The fourth-order valence-corrected chi connectivity index (χ4v) is 19.2. The van der Waals surface area contributed by atoms with Crippen molar-refractivity contribution in [3.05, 3.63) is 165 Å². The molecule has 0 radical (unpaired) electrons. The molecular formula is C36H22Cl2I2. The van der Waals surface area contributed by atoms with Crippen molar-refractivity contribution in [3.8, 4) is 33.4 Å². The Labute approximate surface area is 258 Å². The molecule has 4 heteroatoms. The van der Waals surface area contributed by atoms with Gasteiger partial charge in [0.1, 0.15) is 0 Å². The molecule has 0 aliphatic carbocycles. The Hall–Kier alpha value is -2.64. The fraction of sp³-hybridized carbons (Fsp3) is 0. The Morgan fingerprint density at radius 1 is 0.350 bits per heavy atom. The van der Waals surface area contributed by atoms with Crippen LogP contribution in [0.15, 0.2) is 133 Å². The van der Waals surface area contributed by atoms with Crippen molar-refractivity contribution in [1.82, 2.24) is 0 Å². The van der Waals surface area contributed by atoms with Gasteiger partial charge >= 0.3 is 261 Å². The van der Waals surface area contributed by atoms with E-state index in [0.717, 1.165) is 10.0 Å². The van der Waals surface area contributed by atoms with Crippen LogP contribution in [0.2, 0.25) is 10.0 Å². The van der Waals surface area contributed by atoms with Crippen molar-refractivity contribution in [2.24, 2.45) is 0 Å². The average molecular weight is 779 g/mol. The maximum absolute atomic E-state index is 6.87. The number of rotatable bonds is 3. The van der Waals surface area contributed by atoms with E-state index in [1.54, 1.807) is 0 Å². The first-order valence-electron chi connectivity index (χ1n) is 13.0. The maximum atomic E-state index is 6.87. The van der Waals surface area contributed by atoms with Gasteiger partial charge in [0, 0.05) is 0 Å². The van der Waals surface area contributed by atoms with Gasteiger partial charge in [-0.15, -0.1) is 0 Å². The molecule has 2 aliphatic rings. The van der Waals surface area contributed by atoms with Crippen LogP contribution in [0.25, 0.3) is 33.4 Å². The van der Waals surface area contributed by atoms with Crippen molar-refractivity contribution < 1.29 is 0 Å². The van der Waals surface area contributed by atoms with E-state index in [1.165, 1.54) is 54.8 Å². The standard InChI is InChI=1S/C36H22Cl2I2/c37-25-16-17-36-32(22-25)31-12-3-6-15-35(31)39(36)27-9-7-8-23(19-27)24-18-26(38)21-28(20-24)40-33-13-4-1-10-29(33)30-11-2-5-14-34(30)40/h1-22H. The number of fused-ring (bicyclic) bond motifs is 6. The molecule has 0 saturated carbocycles. The van der Waals surface area contributed by atoms with Gasteiger partial charge in [0.15, 0.2) is 0 Å². The first-order chi connectivity index (χ1) is 19.7. The van der Waals surface area contributed by atoms with Gasteiger partial charge in [-0.2, -0.15) is 0 Å². The van der Waals surface area contributed by atoms with Gasteiger partial charge in [0.25, 0.3) is 0 Å². The van der Waals surface area contributed by atoms with Crippen LogP contribution in [0, 0.1) is 21.4 Å². The Morgan fingerprint density at radius 3 is 1.57 bits per heavy atom. The Morgan fingerprint density at radius 2 is 0.900 bits per heavy atom. The van der Waals surface area contributed by atoms with Gasteiger partial charge in [0.2, 0.25) is 0 Å². The van der Waals surface area contributed by atoms with E-state index in [-0.39, 0.29) is 0 Å². The molecule has 0 aromatic heterocycles. The third-order valence-electron chi connectivity index (χ3n) is 7.40. The molecule has 0 fully saturated rings. The monoisotopic (exact) mass is 778 g/mol. The van der Waals surface area contributed by atoms with Crippen LogP contribution >= 0.6 is 62.8 Å². The summed E-state index contributed by atoms with van der Waals surface area (Å²) in [5, 5.41) is 1.60. The van der Waals surface area contributed by atoms with Crippen LogP contribution in [-0.4, -0.2) is 0 Å². The summed E-state index contributed by atoms with van der Waals surface area (Å²) in [4.78, 5) is 0. The fourth-order valence-electron chi connectivity index (χ4n) is 5.71. The van der Waals surface area contributed by atoms with Crippen LogP contribution in [0.3, 0.4) is 0 Å². The quantitative estimate of drug-likeness (QED) is 0.157. The Balaban J connectivity index is 1.25. The first-order valence-corrected chi connectivity index (χ1v) is 20.3. The second-order valence-electron chi connectivity index (χ2n) is 9.80. The van der Waals surface area contributed by atoms with Crippen molar-refractivity contribution >= 4 is 62.8 Å². The molecule has 8 rings (SSSR count). The normalized spacial score (nSPS) is 14.4. The van der Waals surface area contributed by atoms with Gasteiger partial charge in [-0.05, 0) is 0 Å². The second-order valence-corrected chi connectivity index (χ2v) is 21.0. The van der Waals surface area contributed by atoms with Crippen molar-refractivity contribution in [3.63, 3.8) is 0 Å². The summed E-state index contributed by atoms with van der Waals surface area (Å²) >= 11 is 9.60. The summed E-state index contributed by atoms with van der Waals surface area (Å²) in [6.45, 7) is 0. The second kappa shape index (κ2) is 10.0. The summed E-state index contributed by atoms with van der Waals surface area (Å²) in [5.74, 6) is 0. The molecule has 0 amide bonds. The van der Waals surface area contributed by atoms with E-state index in [1.807, 2.05) is 6.07 Å². The SMILES string of the molecule is Clc1cc(-c2cccc(I3c4ccccc4-c4cc(Cl)ccc43)c2)cc(I2c3ccccc3-c3ccccc32)c1. The number of hydrogen-bond donors (Lipinski definition) is 0. The van der Waals surface area contributed by atoms with E-state index in [9.17, 15) is 0 Å². The number of hydrogen-bond acceptors (Lipinski definition) is 0. The molecule has 0 unspecified atom stereocenters. The van der Waals surface area contributed by atoms with Crippen LogP contribution in [-0.2, 0) is 0 Å². The molecule has 0 spiro atoms. The molecule has 194 valence electrons. The zero-order valence-electron chi connectivity index (χ0n) is 21.2. The van der Waals surface area contributed by atoms with Gasteiger partial charge in [-0.1, -0.05) is 0 Å². The van der Waals surface area contributed by atoms with Crippen molar-refractivity contribution in [2.75, 3.05) is 0 Å². The number of halogens is 4. The summed E-state index contributed by atoms with van der Waals surface area (Å²) in [6.07, 6.45) is 0. The van der Waals surface area contributed by atoms with Crippen molar-refractivity contribution in [2.45, 2.75) is 0 Å². The summed E-state index contributed by atoms with van der Waals surface area (Å²) < 4.78 is 8.78. The zero-order chi connectivity index (χ0) is 26.8. The minimum absolute atomic E-state index is 0.797. The van der Waals surface area contributed by atoms with Crippen LogP contribution in [0.1, 0.15) is 0 Å². The molecule has 0 bridgehead atoms. The van der Waals surface area contributed by atoms with Crippen molar-refractivity contribution in [1.29, 1.82) is 0 Å². The van der Waals surface area contributed by atoms with E-state index < -0.39 is 39.6 Å². The Bertz CT molecular complexity index is 1920. The minimum atomic E-state index is -1.86. The topological polar surface area (TPSA) is 0 Å². The first kappa shape index (κ1) is 25.1. The summed E-state index contributed by atoms with van der Waals surface area (Å²) in [5.41, 5.74) is 7.84. The molecule has 40 heavy (non-hydrogen) atoms. The summed E-state index contributed by atoms with van der Waals surface area (Å²) in [6, 6.07) is 49.1.